The van der Waals surface area contributed by atoms with Gasteiger partial charge in [-0.1, -0.05) is 6.42 Å². The lowest BCUT2D eigenvalue weighted by Crippen LogP contribution is -2.46. The Hall–Kier alpha value is -1.11. The van der Waals surface area contributed by atoms with Crippen LogP contribution >= 0.6 is 11.3 Å². The van der Waals surface area contributed by atoms with Crippen LogP contribution < -0.4 is 10.6 Å². The van der Waals surface area contributed by atoms with Crippen molar-refractivity contribution in [1.82, 2.24) is 10.6 Å². The van der Waals surface area contributed by atoms with Gasteiger partial charge >= 0.3 is 0 Å². The Labute approximate surface area is 130 Å². The maximum absolute atomic E-state index is 10.5. The van der Waals surface area contributed by atoms with Gasteiger partial charge in [-0.2, -0.15) is 11.3 Å². The van der Waals surface area contributed by atoms with Gasteiger partial charge in [0.25, 0.3) is 0 Å². The van der Waals surface area contributed by atoms with Crippen molar-refractivity contribution in [3.05, 3.63) is 22.4 Å². The van der Waals surface area contributed by atoms with Crippen molar-refractivity contribution in [2.24, 2.45) is 10.9 Å². The van der Waals surface area contributed by atoms with E-state index in [1.54, 1.807) is 25.3 Å². The SMILES string of the molecule is CN=C(NCC1CCCC1O)NCC(C)(O)c1ccsc1. The highest BCUT2D eigenvalue weighted by molar-refractivity contribution is 7.08. The van der Waals surface area contributed by atoms with Crippen LogP contribution in [0.15, 0.2) is 21.8 Å². The third-order valence-corrected chi connectivity index (χ3v) is 4.80. The van der Waals surface area contributed by atoms with Gasteiger partial charge in [-0.25, -0.2) is 0 Å². The van der Waals surface area contributed by atoms with Crippen LogP contribution in [-0.2, 0) is 5.60 Å². The normalized spacial score (nSPS) is 25.6. The molecule has 1 aliphatic rings. The lowest BCUT2D eigenvalue weighted by Gasteiger charge is -2.25. The first kappa shape index (κ1) is 16.3. The van der Waals surface area contributed by atoms with Gasteiger partial charge in [-0.05, 0) is 42.2 Å². The number of hydrogen-bond donors (Lipinski definition) is 4. The standard InChI is InChI=1S/C15H25N3O2S/c1-15(20,12-6-7-21-9-12)10-18-14(16-2)17-8-11-4-3-5-13(11)19/h6-7,9,11,13,19-20H,3-5,8,10H2,1-2H3,(H2,16,17,18). The average molecular weight is 311 g/mol. The number of nitrogens with zero attached hydrogens (tertiary/aromatic N) is 1. The molecule has 0 bridgehead atoms. The largest absolute Gasteiger partial charge is 0.393 e. The van der Waals surface area contributed by atoms with Crippen LogP contribution in [0.25, 0.3) is 0 Å². The van der Waals surface area contributed by atoms with E-state index >= 15 is 0 Å². The van der Waals surface area contributed by atoms with Crippen molar-refractivity contribution in [2.75, 3.05) is 20.1 Å². The van der Waals surface area contributed by atoms with E-state index in [-0.39, 0.29) is 6.10 Å². The van der Waals surface area contributed by atoms with Gasteiger partial charge in [0.05, 0.1) is 12.6 Å². The van der Waals surface area contributed by atoms with E-state index in [0.717, 1.165) is 24.8 Å². The van der Waals surface area contributed by atoms with E-state index in [1.165, 1.54) is 0 Å². The molecule has 5 nitrogen and oxygen atoms in total. The number of guanidine groups is 1. The van der Waals surface area contributed by atoms with E-state index in [2.05, 4.69) is 15.6 Å². The highest BCUT2D eigenvalue weighted by Gasteiger charge is 2.26. The van der Waals surface area contributed by atoms with Gasteiger partial charge in [-0.3, -0.25) is 4.99 Å². The zero-order chi connectivity index (χ0) is 15.3. The van der Waals surface area contributed by atoms with E-state index in [0.29, 0.717) is 25.0 Å². The molecule has 1 heterocycles. The van der Waals surface area contributed by atoms with Crippen molar-refractivity contribution in [1.29, 1.82) is 0 Å². The molecular formula is C15H25N3O2S. The van der Waals surface area contributed by atoms with Crippen LogP contribution in [0.4, 0.5) is 0 Å². The Morgan fingerprint density at radius 3 is 2.86 bits per heavy atom. The number of hydrogen-bond acceptors (Lipinski definition) is 4. The monoisotopic (exact) mass is 311 g/mol. The molecular weight excluding hydrogens is 286 g/mol. The van der Waals surface area contributed by atoms with Gasteiger partial charge < -0.3 is 20.8 Å². The summed E-state index contributed by atoms with van der Waals surface area (Å²) in [6.07, 6.45) is 2.83. The Balaban J connectivity index is 1.80. The zero-order valence-electron chi connectivity index (χ0n) is 12.7. The summed E-state index contributed by atoms with van der Waals surface area (Å²) in [5, 5.41) is 30.6. The first-order chi connectivity index (χ1) is 10.0. The number of thiophene rings is 1. The molecule has 1 saturated carbocycles. The van der Waals surface area contributed by atoms with E-state index in [9.17, 15) is 10.2 Å². The summed E-state index contributed by atoms with van der Waals surface area (Å²) < 4.78 is 0. The minimum absolute atomic E-state index is 0.204. The third kappa shape index (κ3) is 4.43. The topological polar surface area (TPSA) is 76.9 Å². The van der Waals surface area contributed by atoms with Crippen LogP contribution in [0.5, 0.6) is 0 Å². The fourth-order valence-electron chi connectivity index (χ4n) is 2.63. The summed E-state index contributed by atoms with van der Waals surface area (Å²) in [6, 6.07) is 1.93. The molecule has 118 valence electrons. The van der Waals surface area contributed by atoms with Gasteiger partial charge in [0.15, 0.2) is 5.96 Å². The van der Waals surface area contributed by atoms with Crippen LogP contribution in [0.1, 0.15) is 31.7 Å². The number of nitrogens with one attached hydrogen (secondary N) is 2. The van der Waals surface area contributed by atoms with Crippen LogP contribution in [0.3, 0.4) is 0 Å². The lowest BCUT2D eigenvalue weighted by molar-refractivity contribution is 0.0620. The lowest BCUT2D eigenvalue weighted by atomic mass is 9.99. The Morgan fingerprint density at radius 2 is 2.29 bits per heavy atom. The quantitative estimate of drug-likeness (QED) is 0.488. The Kier molecular flexibility index (Phi) is 5.61. The molecule has 0 radical (unpaired) electrons. The van der Waals surface area contributed by atoms with Crippen molar-refractivity contribution in [2.45, 2.75) is 37.9 Å². The second-order valence-electron chi connectivity index (χ2n) is 5.85. The molecule has 0 spiro atoms. The van der Waals surface area contributed by atoms with Gasteiger partial charge in [0.2, 0.25) is 0 Å². The maximum atomic E-state index is 10.5. The maximum Gasteiger partial charge on any atom is 0.191 e. The molecule has 1 aromatic heterocycles. The molecule has 4 N–H and O–H groups in total. The Bertz CT molecular complexity index is 459. The minimum Gasteiger partial charge on any atom is -0.393 e. The van der Waals surface area contributed by atoms with Crippen molar-refractivity contribution in [3.8, 4) is 0 Å². The number of aliphatic hydroxyl groups excluding tert-OH is 1. The van der Waals surface area contributed by atoms with Gasteiger partial charge in [0.1, 0.15) is 5.60 Å². The fraction of sp³-hybridized carbons (Fsp3) is 0.667. The van der Waals surface area contributed by atoms with E-state index in [1.807, 2.05) is 16.8 Å². The van der Waals surface area contributed by atoms with E-state index in [4.69, 9.17) is 0 Å². The van der Waals surface area contributed by atoms with Crippen molar-refractivity contribution in [3.63, 3.8) is 0 Å². The summed E-state index contributed by atoms with van der Waals surface area (Å²) in [5.74, 6) is 0.950. The second kappa shape index (κ2) is 7.24. The number of aliphatic imine (C=N–C) groups is 1. The summed E-state index contributed by atoms with van der Waals surface area (Å²) in [4.78, 5) is 4.16. The van der Waals surface area contributed by atoms with Crippen LogP contribution in [-0.4, -0.2) is 42.4 Å². The first-order valence-electron chi connectivity index (χ1n) is 7.40. The first-order valence-corrected chi connectivity index (χ1v) is 8.35. The van der Waals surface area contributed by atoms with Crippen molar-refractivity contribution >= 4 is 17.3 Å². The molecule has 1 aromatic rings. The highest BCUT2D eigenvalue weighted by Crippen LogP contribution is 2.24. The molecule has 0 aromatic carbocycles. The molecule has 0 amide bonds. The second-order valence-corrected chi connectivity index (χ2v) is 6.63. The Morgan fingerprint density at radius 1 is 1.48 bits per heavy atom. The molecule has 1 aliphatic carbocycles. The van der Waals surface area contributed by atoms with Gasteiger partial charge in [-0.15, -0.1) is 0 Å². The van der Waals surface area contributed by atoms with Crippen LogP contribution in [0.2, 0.25) is 0 Å². The van der Waals surface area contributed by atoms with Crippen molar-refractivity contribution < 1.29 is 10.2 Å². The number of rotatable bonds is 5. The predicted octanol–water partition coefficient (Wildman–Crippen LogP) is 1.28. The summed E-state index contributed by atoms with van der Waals surface area (Å²) in [6.45, 7) is 2.88. The molecule has 6 heteroatoms. The molecule has 21 heavy (non-hydrogen) atoms. The minimum atomic E-state index is -0.926. The molecule has 0 aliphatic heterocycles. The predicted molar refractivity (Wildman–Crippen MR) is 86.6 cm³/mol. The smallest absolute Gasteiger partial charge is 0.191 e. The van der Waals surface area contributed by atoms with E-state index < -0.39 is 5.60 Å². The average Bonchev–Trinajstić information content (AvgIpc) is 3.11. The third-order valence-electron chi connectivity index (χ3n) is 4.12. The number of aliphatic hydroxyl groups is 2. The van der Waals surface area contributed by atoms with Crippen LogP contribution in [0, 0.1) is 5.92 Å². The molecule has 0 saturated heterocycles. The summed E-state index contributed by atoms with van der Waals surface area (Å²) in [5.41, 5.74) is -0.0218. The summed E-state index contributed by atoms with van der Waals surface area (Å²) in [7, 11) is 1.71. The van der Waals surface area contributed by atoms with Gasteiger partial charge in [0, 0.05) is 19.5 Å². The molecule has 2 rings (SSSR count). The molecule has 3 unspecified atom stereocenters. The zero-order valence-corrected chi connectivity index (χ0v) is 13.5. The molecule has 3 atom stereocenters. The highest BCUT2D eigenvalue weighted by atomic mass is 32.1. The fourth-order valence-corrected chi connectivity index (χ4v) is 3.42. The summed E-state index contributed by atoms with van der Waals surface area (Å²) >= 11 is 1.57. The molecule has 1 fully saturated rings.